The highest BCUT2D eigenvalue weighted by atomic mass is 14.7. The molecule has 0 fully saturated rings. The van der Waals surface area contributed by atoms with Crippen LogP contribution in [0.25, 0.3) is 33.5 Å². The van der Waals surface area contributed by atoms with Crippen LogP contribution in [0.15, 0.2) is 79.0 Å². The van der Waals surface area contributed by atoms with Gasteiger partial charge in [0.15, 0.2) is 0 Å². The van der Waals surface area contributed by atoms with Crippen LogP contribution in [-0.4, -0.2) is 4.98 Å². The van der Waals surface area contributed by atoms with Gasteiger partial charge in [-0.1, -0.05) is 66.7 Å². The highest BCUT2D eigenvalue weighted by Gasteiger charge is 2.36. The molecule has 1 aromatic heterocycles. The van der Waals surface area contributed by atoms with Gasteiger partial charge >= 0.3 is 0 Å². The molecule has 0 amide bonds. The molecule has 0 aliphatic heterocycles. The van der Waals surface area contributed by atoms with Gasteiger partial charge in [-0.3, -0.25) is 4.98 Å². The third-order valence-electron chi connectivity index (χ3n) is 5.43. The Morgan fingerprint density at radius 1 is 0.769 bits per heavy atom. The maximum Gasteiger partial charge on any atom is 0.0783 e. The number of fused-ring (bicyclic) bond motifs is 8. The van der Waals surface area contributed by atoms with Crippen LogP contribution >= 0.6 is 0 Å². The predicted molar refractivity (Wildman–Crippen MR) is 106 cm³/mol. The van der Waals surface area contributed by atoms with Crippen molar-refractivity contribution in [3.8, 4) is 33.5 Å². The zero-order valence-corrected chi connectivity index (χ0v) is 14.0. The molecule has 26 heavy (non-hydrogen) atoms. The van der Waals surface area contributed by atoms with E-state index in [9.17, 15) is 1.37 Å². The van der Waals surface area contributed by atoms with Crippen LogP contribution in [0.2, 0.25) is 0 Å². The molecule has 1 unspecified atom stereocenters. The molecule has 0 saturated carbocycles. The van der Waals surface area contributed by atoms with Gasteiger partial charge in [0.1, 0.15) is 0 Å². The average molecular weight is 335 g/mol. The summed E-state index contributed by atoms with van der Waals surface area (Å²) in [5.41, 5.74) is 8.27. The van der Waals surface area contributed by atoms with Crippen LogP contribution in [0.3, 0.4) is 0 Å². The Bertz CT molecular complexity index is 1360. The first-order valence-electron chi connectivity index (χ1n) is 10.7. The van der Waals surface area contributed by atoms with Crippen LogP contribution in [-0.2, 0) is 0 Å². The van der Waals surface area contributed by atoms with Gasteiger partial charge in [0, 0.05) is 28.7 Å². The molecule has 0 spiro atoms. The van der Waals surface area contributed by atoms with Gasteiger partial charge in [0.25, 0.3) is 0 Å². The average Bonchev–Trinajstić information content (AvgIpc) is 2.97. The summed E-state index contributed by atoms with van der Waals surface area (Å²) in [5, 5.41) is 0. The van der Waals surface area contributed by atoms with Crippen molar-refractivity contribution >= 4 is 0 Å². The molecule has 2 aliphatic carbocycles. The standard InChI is InChI=1S/C25H17N/c1-15-13-22-20-12-6-11-18-16-7-2-3-8-17(16)23(24(18)20)19-9-4-5-10-21(19)25(22)26-14-15/h2-14,23H,1H3/i1D3,23D. The fraction of sp³-hybridized carbons (Fsp3) is 0.0800. The molecule has 1 nitrogen and oxygen atoms in total. The summed E-state index contributed by atoms with van der Waals surface area (Å²) in [6, 6.07) is 23.7. The van der Waals surface area contributed by atoms with Gasteiger partial charge < -0.3 is 0 Å². The number of nitrogens with zero attached hydrogens (tertiary/aromatic N) is 1. The van der Waals surface area contributed by atoms with E-state index < -0.39 is 12.7 Å². The Morgan fingerprint density at radius 3 is 2.23 bits per heavy atom. The third-order valence-corrected chi connectivity index (χ3v) is 5.43. The smallest absolute Gasteiger partial charge is 0.0783 e. The van der Waals surface area contributed by atoms with Crippen molar-refractivity contribution < 1.29 is 5.48 Å². The minimum atomic E-state index is -2.24. The first-order chi connectivity index (χ1) is 14.4. The number of rotatable bonds is 0. The minimum Gasteiger partial charge on any atom is -0.255 e. The Hall–Kier alpha value is -3.19. The molecule has 3 aromatic carbocycles. The second-order valence-corrected chi connectivity index (χ2v) is 6.81. The van der Waals surface area contributed by atoms with Crippen LogP contribution in [0.4, 0.5) is 0 Å². The molecule has 6 rings (SSSR count). The Labute approximate surface area is 158 Å². The summed E-state index contributed by atoms with van der Waals surface area (Å²) in [6.07, 6.45) is 1.45. The highest BCUT2D eigenvalue weighted by Crippen LogP contribution is 2.55. The molecule has 1 atom stereocenters. The van der Waals surface area contributed by atoms with Gasteiger partial charge in [-0.25, -0.2) is 0 Å². The molecule has 0 bridgehead atoms. The molecule has 4 aromatic rings. The maximum atomic E-state index is 9.82. The summed E-state index contributed by atoms with van der Waals surface area (Å²) < 4.78 is 33.4. The molecular formula is C25H17N. The van der Waals surface area contributed by atoms with Crippen LogP contribution in [0.1, 0.15) is 33.6 Å². The lowest BCUT2D eigenvalue weighted by atomic mass is 9.86. The number of aromatic nitrogens is 1. The lowest BCUT2D eigenvalue weighted by Gasteiger charge is -2.16. The Morgan fingerprint density at radius 2 is 1.42 bits per heavy atom. The van der Waals surface area contributed by atoms with Gasteiger partial charge in [0.2, 0.25) is 0 Å². The number of pyridine rings is 1. The molecule has 0 saturated heterocycles. The fourth-order valence-electron chi connectivity index (χ4n) is 4.41. The van der Waals surface area contributed by atoms with Crippen LogP contribution in [0, 0.1) is 6.85 Å². The number of benzene rings is 3. The SMILES string of the molecule is [2H]C([2H])([2H])c1cnc2c(c1)-c1cccc3c1C([2H])(c1ccccc1-3)c1ccccc1-2. The Balaban J connectivity index is 1.83. The van der Waals surface area contributed by atoms with E-state index in [-0.39, 0.29) is 5.56 Å². The zero-order valence-electron chi connectivity index (χ0n) is 18.0. The van der Waals surface area contributed by atoms with Gasteiger partial charge in [0.05, 0.1) is 5.69 Å². The van der Waals surface area contributed by atoms with E-state index in [1.807, 2.05) is 54.6 Å². The second-order valence-electron chi connectivity index (χ2n) is 6.81. The number of hydrogen-bond acceptors (Lipinski definition) is 1. The normalized spacial score (nSPS) is 21.1. The van der Waals surface area contributed by atoms with Gasteiger partial charge in [-0.15, -0.1) is 0 Å². The van der Waals surface area contributed by atoms with Crippen LogP contribution in [0.5, 0.6) is 0 Å². The van der Waals surface area contributed by atoms with Crippen molar-refractivity contribution in [3.05, 3.63) is 101 Å². The number of aryl methyl sites for hydroxylation is 1. The van der Waals surface area contributed by atoms with Crippen molar-refractivity contribution in [2.45, 2.75) is 12.7 Å². The van der Waals surface area contributed by atoms with Gasteiger partial charge in [-0.2, -0.15) is 0 Å². The van der Waals surface area contributed by atoms with E-state index in [0.29, 0.717) is 0 Å². The predicted octanol–water partition coefficient (Wildman–Crippen LogP) is 6.20. The van der Waals surface area contributed by atoms with Crippen molar-refractivity contribution in [2.75, 3.05) is 0 Å². The second kappa shape index (κ2) is 4.92. The van der Waals surface area contributed by atoms with Crippen molar-refractivity contribution in [2.24, 2.45) is 0 Å². The first kappa shape index (κ1) is 10.7. The van der Waals surface area contributed by atoms with Crippen LogP contribution < -0.4 is 0 Å². The maximum absolute atomic E-state index is 9.82. The summed E-state index contributed by atoms with van der Waals surface area (Å²) in [7, 11) is 0. The molecule has 122 valence electrons. The van der Waals surface area contributed by atoms with Gasteiger partial charge in [-0.05, 0) is 51.9 Å². The molecule has 0 N–H and O–H groups in total. The minimum absolute atomic E-state index is 0.212. The van der Waals surface area contributed by atoms with Crippen molar-refractivity contribution in [1.29, 1.82) is 0 Å². The van der Waals surface area contributed by atoms with E-state index in [1.165, 1.54) is 6.20 Å². The van der Waals surface area contributed by atoms with E-state index >= 15 is 0 Å². The molecule has 1 heterocycles. The summed E-state index contributed by atoms with van der Waals surface area (Å²) in [6.45, 7) is -2.24. The summed E-state index contributed by atoms with van der Waals surface area (Å²) in [4.78, 5) is 4.62. The molecule has 1 heteroatoms. The monoisotopic (exact) mass is 335 g/mol. The van der Waals surface area contributed by atoms with E-state index in [2.05, 4.69) is 17.1 Å². The van der Waals surface area contributed by atoms with E-state index in [0.717, 1.165) is 50.2 Å². The largest absolute Gasteiger partial charge is 0.255 e. The van der Waals surface area contributed by atoms with Crippen molar-refractivity contribution in [1.82, 2.24) is 4.98 Å². The van der Waals surface area contributed by atoms with E-state index in [1.54, 1.807) is 6.07 Å². The quantitative estimate of drug-likeness (QED) is 0.373. The zero-order chi connectivity index (χ0) is 20.7. The molecule has 2 aliphatic rings. The van der Waals surface area contributed by atoms with Crippen molar-refractivity contribution in [3.63, 3.8) is 0 Å². The molecule has 0 radical (unpaired) electrons. The lowest BCUT2D eigenvalue weighted by Crippen LogP contribution is -2.00. The fourth-order valence-corrected chi connectivity index (χ4v) is 4.41. The highest BCUT2D eigenvalue weighted by molar-refractivity contribution is 5.95. The molecular weight excluding hydrogens is 314 g/mol. The lowest BCUT2D eigenvalue weighted by molar-refractivity contribution is 1.02. The number of hydrogen-bond donors (Lipinski definition) is 0. The Kier molecular flexibility index (Phi) is 2.03. The third kappa shape index (κ3) is 1.68. The topological polar surface area (TPSA) is 12.9 Å². The first-order valence-corrected chi connectivity index (χ1v) is 8.75. The van der Waals surface area contributed by atoms with E-state index in [4.69, 9.17) is 4.11 Å². The summed E-state index contributed by atoms with van der Waals surface area (Å²) >= 11 is 0. The summed E-state index contributed by atoms with van der Waals surface area (Å²) in [5.74, 6) is -1.08.